The Kier molecular flexibility index (Phi) is 6.88. The Labute approximate surface area is 128 Å². The van der Waals surface area contributed by atoms with Crippen molar-refractivity contribution in [3.8, 4) is 0 Å². The Morgan fingerprint density at radius 3 is 2.38 bits per heavy atom. The molecule has 0 aromatic heterocycles. The predicted octanol–water partition coefficient (Wildman–Crippen LogP) is 1.72. The fourth-order valence-electron chi connectivity index (χ4n) is 1.74. The highest BCUT2D eigenvalue weighted by Crippen LogP contribution is 2.08. The minimum absolute atomic E-state index is 0.0484. The summed E-state index contributed by atoms with van der Waals surface area (Å²) >= 11 is 5.47. The summed E-state index contributed by atoms with van der Waals surface area (Å²) in [6.45, 7) is 1.57. The van der Waals surface area contributed by atoms with E-state index in [9.17, 15) is 14.4 Å². The van der Waals surface area contributed by atoms with Crippen LogP contribution in [0.15, 0.2) is 24.3 Å². The average Bonchev–Trinajstić information content (AvgIpc) is 2.51. The third-order valence-corrected chi connectivity index (χ3v) is 3.21. The smallest absolute Gasteiger partial charge is 0.328 e. The largest absolute Gasteiger partial charge is 0.467 e. The van der Waals surface area contributed by atoms with E-state index in [0.717, 1.165) is 5.56 Å². The van der Waals surface area contributed by atoms with Gasteiger partial charge in [-0.2, -0.15) is 0 Å². The first-order valence-electron chi connectivity index (χ1n) is 6.53. The SMILES string of the molecule is COC(=O)C(C)NC(=O)CCc1ccc(C(=O)CCl)cc1. The van der Waals surface area contributed by atoms with Crippen LogP contribution >= 0.6 is 11.6 Å². The van der Waals surface area contributed by atoms with Gasteiger partial charge in [-0.25, -0.2) is 4.79 Å². The van der Waals surface area contributed by atoms with Gasteiger partial charge in [0.1, 0.15) is 6.04 Å². The predicted molar refractivity (Wildman–Crippen MR) is 79.4 cm³/mol. The molecule has 0 aliphatic carbocycles. The third kappa shape index (κ3) is 5.55. The van der Waals surface area contributed by atoms with Gasteiger partial charge in [0.25, 0.3) is 0 Å². The van der Waals surface area contributed by atoms with E-state index in [4.69, 9.17) is 11.6 Å². The first-order chi connectivity index (χ1) is 9.97. The lowest BCUT2D eigenvalue weighted by Gasteiger charge is -2.11. The van der Waals surface area contributed by atoms with Gasteiger partial charge in [-0.15, -0.1) is 11.6 Å². The molecule has 1 N–H and O–H groups in total. The zero-order valence-electron chi connectivity index (χ0n) is 12.0. The Hall–Kier alpha value is -1.88. The second kappa shape index (κ2) is 8.42. The van der Waals surface area contributed by atoms with Gasteiger partial charge in [0.15, 0.2) is 5.78 Å². The molecule has 6 heteroatoms. The van der Waals surface area contributed by atoms with Gasteiger partial charge in [0.05, 0.1) is 13.0 Å². The van der Waals surface area contributed by atoms with Gasteiger partial charge in [-0.1, -0.05) is 24.3 Å². The molecule has 1 unspecified atom stereocenters. The summed E-state index contributed by atoms with van der Waals surface area (Å²) in [5.41, 5.74) is 1.49. The van der Waals surface area contributed by atoms with E-state index in [1.807, 2.05) is 0 Å². The maximum Gasteiger partial charge on any atom is 0.328 e. The van der Waals surface area contributed by atoms with Crippen LogP contribution in [-0.4, -0.2) is 36.7 Å². The zero-order valence-corrected chi connectivity index (χ0v) is 12.8. The molecule has 0 spiro atoms. The normalized spacial score (nSPS) is 11.6. The topological polar surface area (TPSA) is 72.5 Å². The second-order valence-electron chi connectivity index (χ2n) is 4.57. The van der Waals surface area contributed by atoms with Crippen molar-refractivity contribution in [1.29, 1.82) is 0 Å². The van der Waals surface area contributed by atoms with Crippen LogP contribution in [0.25, 0.3) is 0 Å². The van der Waals surface area contributed by atoms with Crippen LogP contribution in [0.3, 0.4) is 0 Å². The van der Waals surface area contributed by atoms with Gasteiger partial charge in [-0.05, 0) is 18.9 Å². The van der Waals surface area contributed by atoms with Crippen molar-refractivity contribution < 1.29 is 19.1 Å². The molecule has 1 aromatic carbocycles. The van der Waals surface area contributed by atoms with E-state index < -0.39 is 12.0 Å². The van der Waals surface area contributed by atoms with E-state index >= 15 is 0 Å². The van der Waals surface area contributed by atoms with Crippen LogP contribution in [0, 0.1) is 0 Å². The molecule has 1 amide bonds. The number of nitrogens with one attached hydrogen (secondary N) is 1. The monoisotopic (exact) mass is 311 g/mol. The van der Waals surface area contributed by atoms with Crippen LogP contribution in [0.2, 0.25) is 0 Å². The molecule has 1 rings (SSSR count). The number of methoxy groups -OCH3 is 1. The summed E-state index contributed by atoms with van der Waals surface area (Å²) in [7, 11) is 1.27. The number of Topliss-reactive ketones (excluding diaryl/α,β-unsaturated/α-hetero) is 1. The number of halogens is 1. The Morgan fingerprint density at radius 1 is 1.24 bits per heavy atom. The number of amides is 1. The average molecular weight is 312 g/mol. The summed E-state index contributed by atoms with van der Waals surface area (Å²) in [5, 5.41) is 2.55. The molecule has 0 radical (unpaired) electrons. The molecule has 0 aliphatic rings. The lowest BCUT2D eigenvalue weighted by atomic mass is 10.1. The highest BCUT2D eigenvalue weighted by atomic mass is 35.5. The lowest BCUT2D eigenvalue weighted by molar-refractivity contribution is -0.144. The Balaban J connectivity index is 2.46. The fourth-order valence-corrected chi connectivity index (χ4v) is 1.90. The molecule has 21 heavy (non-hydrogen) atoms. The number of rotatable bonds is 7. The first kappa shape index (κ1) is 17.2. The minimum atomic E-state index is -0.661. The van der Waals surface area contributed by atoms with Crippen molar-refractivity contribution in [2.75, 3.05) is 13.0 Å². The van der Waals surface area contributed by atoms with E-state index in [0.29, 0.717) is 12.0 Å². The van der Waals surface area contributed by atoms with Crippen molar-refractivity contribution in [3.63, 3.8) is 0 Å². The zero-order chi connectivity index (χ0) is 15.8. The molecule has 0 fully saturated rings. The van der Waals surface area contributed by atoms with Crippen molar-refractivity contribution in [3.05, 3.63) is 35.4 Å². The van der Waals surface area contributed by atoms with Crippen molar-refractivity contribution in [1.82, 2.24) is 5.32 Å². The molecule has 1 atom stereocenters. The van der Waals surface area contributed by atoms with Crippen molar-refractivity contribution in [2.45, 2.75) is 25.8 Å². The molecule has 0 bridgehead atoms. The van der Waals surface area contributed by atoms with Gasteiger partial charge in [-0.3, -0.25) is 9.59 Å². The van der Waals surface area contributed by atoms with Crippen LogP contribution in [0.5, 0.6) is 0 Å². The van der Waals surface area contributed by atoms with Gasteiger partial charge >= 0.3 is 5.97 Å². The van der Waals surface area contributed by atoms with E-state index in [1.165, 1.54) is 7.11 Å². The van der Waals surface area contributed by atoms with Crippen LogP contribution in [0.4, 0.5) is 0 Å². The summed E-state index contributed by atoms with van der Waals surface area (Å²) < 4.78 is 4.53. The molecule has 0 heterocycles. The van der Waals surface area contributed by atoms with E-state index in [-0.39, 0.29) is 24.0 Å². The van der Waals surface area contributed by atoms with Gasteiger partial charge in [0, 0.05) is 12.0 Å². The molecule has 0 saturated carbocycles. The maximum atomic E-state index is 11.7. The number of carbonyl (C=O) groups excluding carboxylic acids is 3. The van der Waals surface area contributed by atoms with Crippen LogP contribution < -0.4 is 5.32 Å². The van der Waals surface area contributed by atoms with Crippen molar-refractivity contribution in [2.24, 2.45) is 0 Å². The highest BCUT2D eigenvalue weighted by Gasteiger charge is 2.15. The molecule has 114 valence electrons. The first-order valence-corrected chi connectivity index (χ1v) is 7.06. The number of hydrogen-bond donors (Lipinski definition) is 1. The number of aryl methyl sites for hydroxylation is 1. The third-order valence-electron chi connectivity index (χ3n) is 2.97. The molecular weight excluding hydrogens is 294 g/mol. The van der Waals surface area contributed by atoms with Crippen molar-refractivity contribution >= 4 is 29.3 Å². The summed E-state index contributed by atoms with van der Waals surface area (Å²) in [4.78, 5) is 34.2. The summed E-state index contributed by atoms with van der Waals surface area (Å²) in [6.07, 6.45) is 0.777. The quantitative estimate of drug-likeness (QED) is 0.473. The van der Waals surface area contributed by atoms with Gasteiger partial charge in [0.2, 0.25) is 5.91 Å². The number of carbonyl (C=O) groups is 3. The van der Waals surface area contributed by atoms with Crippen LogP contribution in [0.1, 0.15) is 29.3 Å². The number of benzene rings is 1. The second-order valence-corrected chi connectivity index (χ2v) is 4.83. The molecule has 5 nitrogen and oxygen atoms in total. The highest BCUT2D eigenvalue weighted by molar-refractivity contribution is 6.30. The maximum absolute atomic E-state index is 11.7. The minimum Gasteiger partial charge on any atom is -0.467 e. The van der Waals surface area contributed by atoms with Crippen LogP contribution in [-0.2, 0) is 20.7 Å². The molecule has 0 saturated heterocycles. The summed E-state index contributed by atoms with van der Waals surface area (Å²) in [6, 6.07) is 6.30. The Bertz CT molecular complexity index is 513. The number of ketones is 1. The Morgan fingerprint density at radius 2 is 1.86 bits per heavy atom. The number of esters is 1. The molecular formula is C15H18ClNO4. The molecule has 0 aliphatic heterocycles. The van der Waals surface area contributed by atoms with E-state index in [1.54, 1.807) is 31.2 Å². The molecule has 1 aromatic rings. The van der Waals surface area contributed by atoms with E-state index in [2.05, 4.69) is 10.1 Å². The lowest BCUT2D eigenvalue weighted by Crippen LogP contribution is -2.39. The fraction of sp³-hybridized carbons (Fsp3) is 0.400. The summed E-state index contributed by atoms with van der Waals surface area (Å²) in [5.74, 6) is -0.887. The number of ether oxygens (including phenoxy) is 1. The number of alkyl halides is 1. The van der Waals surface area contributed by atoms with Gasteiger partial charge < -0.3 is 10.1 Å². The standard InChI is InChI=1S/C15H18ClNO4/c1-10(15(20)21-2)17-14(19)8-5-11-3-6-12(7-4-11)13(18)9-16/h3-4,6-7,10H,5,8-9H2,1-2H3,(H,17,19). The number of hydrogen-bond acceptors (Lipinski definition) is 4.